The van der Waals surface area contributed by atoms with Gasteiger partial charge in [-0.3, -0.25) is 0 Å². The van der Waals surface area contributed by atoms with Gasteiger partial charge in [-0.05, 0) is 71.9 Å². The van der Waals surface area contributed by atoms with E-state index in [0.717, 1.165) is 17.5 Å². The van der Waals surface area contributed by atoms with Gasteiger partial charge in [-0.25, -0.2) is 4.39 Å². The maximum atomic E-state index is 13.5. The Morgan fingerprint density at radius 2 is 2.00 bits per heavy atom. The Morgan fingerprint density at radius 3 is 2.86 bits per heavy atom. The highest BCUT2D eigenvalue weighted by atomic mass is 19.1. The molecular formula is C19H20FN. The average molecular weight is 281 g/mol. The standard InChI is InChI=1S/C19H20FN/c1-11-6-8-13(20)10-16(11)19(21)18-15-9-7-12-4-2-3-5-14(12)17(15)18/h2-6,8,10,15,17-19H,7,9,21H2,1H3. The van der Waals surface area contributed by atoms with Gasteiger partial charge in [-0.1, -0.05) is 30.3 Å². The second-order valence-corrected chi connectivity index (χ2v) is 6.53. The van der Waals surface area contributed by atoms with Gasteiger partial charge in [-0.15, -0.1) is 0 Å². The summed E-state index contributed by atoms with van der Waals surface area (Å²) in [6.07, 6.45) is 2.37. The molecule has 0 radical (unpaired) electrons. The number of halogens is 1. The van der Waals surface area contributed by atoms with Crippen molar-refractivity contribution in [3.05, 3.63) is 70.5 Å². The fourth-order valence-corrected chi connectivity index (χ4v) is 4.29. The van der Waals surface area contributed by atoms with Crippen LogP contribution < -0.4 is 5.73 Å². The lowest BCUT2D eigenvalue weighted by Gasteiger charge is -2.15. The van der Waals surface area contributed by atoms with Crippen LogP contribution in [0.15, 0.2) is 42.5 Å². The molecule has 1 fully saturated rings. The van der Waals surface area contributed by atoms with Crippen LogP contribution in [0.1, 0.15) is 40.6 Å². The van der Waals surface area contributed by atoms with Crippen molar-refractivity contribution in [3.8, 4) is 0 Å². The Kier molecular flexibility index (Phi) is 2.90. The molecule has 4 unspecified atom stereocenters. The molecule has 0 aromatic heterocycles. The predicted molar refractivity (Wildman–Crippen MR) is 82.5 cm³/mol. The van der Waals surface area contributed by atoms with Crippen LogP contribution in [0, 0.1) is 24.6 Å². The molecule has 0 spiro atoms. The van der Waals surface area contributed by atoms with E-state index in [1.54, 1.807) is 6.07 Å². The van der Waals surface area contributed by atoms with Crippen molar-refractivity contribution in [3.63, 3.8) is 0 Å². The van der Waals surface area contributed by atoms with Crippen molar-refractivity contribution in [2.24, 2.45) is 17.6 Å². The molecule has 1 nitrogen and oxygen atoms in total. The molecule has 2 heteroatoms. The smallest absolute Gasteiger partial charge is 0.123 e. The van der Waals surface area contributed by atoms with Crippen molar-refractivity contribution in [2.45, 2.75) is 31.7 Å². The average Bonchev–Trinajstić information content (AvgIpc) is 3.24. The molecule has 2 aromatic carbocycles. The van der Waals surface area contributed by atoms with Crippen LogP contribution in [-0.2, 0) is 6.42 Å². The number of hydrogen-bond acceptors (Lipinski definition) is 1. The Labute approximate surface area is 125 Å². The summed E-state index contributed by atoms with van der Waals surface area (Å²) < 4.78 is 13.5. The van der Waals surface area contributed by atoms with Crippen LogP contribution in [0.5, 0.6) is 0 Å². The van der Waals surface area contributed by atoms with Crippen molar-refractivity contribution < 1.29 is 4.39 Å². The number of rotatable bonds is 2. The van der Waals surface area contributed by atoms with Gasteiger partial charge < -0.3 is 5.73 Å². The van der Waals surface area contributed by atoms with E-state index in [0.29, 0.717) is 17.8 Å². The fourth-order valence-electron chi connectivity index (χ4n) is 4.29. The summed E-state index contributed by atoms with van der Waals surface area (Å²) in [6, 6.07) is 13.6. The maximum Gasteiger partial charge on any atom is 0.123 e. The van der Waals surface area contributed by atoms with Crippen molar-refractivity contribution >= 4 is 0 Å². The van der Waals surface area contributed by atoms with Crippen LogP contribution in [0.4, 0.5) is 4.39 Å². The normalized spacial score (nSPS) is 27.7. The summed E-state index contributed by atoms with van der Waals surface area (Å²) in [6.45, 7) is 2.02. The minimum atomic E-state index is -0.185. The molecule has 0 bridgehead atoms. The second-order valence-electron chi connectivity index (χ2n) is 6.53. The minimum absolute atomic E-state index is 0.0538. The zero-order chi connectivity index (χ0) is 14.6. The van der Waals surface area contributed by atoms with Gasteiger partial charge in [0.15, 0.2) is 0 Å². The van der Waals surface area contributed by atoms with E-state index in [2.05, 4.69) is 24.3 Å². The highest BCUT2D eigenvalue weighted by Crippen LogP contribution is 2.63. The van der Waals surface area contributed by atoms with E-state index >= 15 is 0 Å². The predicted octanol–water partition coefficient (Wildman–Crippen LogP) is 4.11. The summed E-state index contributed by atoms with van der Waals surface area (Å²) in [5.74, 6) is 1.54. The second kappa shape index (κ2) is 4.67. The van der Waals surface area contributed by atoms with Crippen LogP contribution >= 0.6 is 0 Å². The first kappa shape index (κ1) is 13.0. The van der Waals surface area contributed by atoms with Gasteiger partial charge >= 0.3 is 0 Å². The van der Waals surface area contributed by atoms with Gasteiger partial charge in [0.25, 0.3) is 0 Å². The maximum absolute atomic E-state index is 13.5. The molecule has 21 heavy (non-hydrogen) atoms. The van der Waals surface area contributed by atoms with E-state index in [1.165, 1.54) is 23.6 Å². The molecule has 2 aromatic rings. The van der Waals surface area contributed by atoms with Crippen LogP contribution in [0.3, 0.4) is 0 Å². The summed E-state index contributed by atoms with van der Waals surface area (Å²) in [5, 5.41) is 0. The lowest BCUT2D eigenvalue weighted by molar-refractivity contribution is 0.547. The third-order valence-electron chi connectivity index (χ3n) is 5.41. The third-order valence-corrected chi connectivity index (χ3v) is 5.41. The first-order valence-corrected chi connectivity index (χ1v) is 7.76. The van der Waals surface area contributed by atoms with Gasteiger partial charge in [-0.2, -0.15) is 0 Å². The number of aryl methyl sites for hydroxylation is 2. The monoisotopic (exact) mass is 281 g/mol. The minimum Gasteiger partial charge on any atom is -0.324 e. The van der Waals surface area contributed by atoms with Crippen LogP contribution in [0.25, 0.3) is 0 Å². The summed E-state index contributed by atoms with van der Waals surface area (Å²) in [7, 11) is 0. The number of hydrogen-bond donors (Lipinski definition) is 1. The lowest BCUT2D eigenvalue weighted by Crippen LogP contribution is -2.16. The van der Waals surface area contributed by atoms with Crippen molar-refractivity contribution in [2.75, 3.05) is 0 Å². The summed E-state index contributed by atoms with van der Waals surface area (Å²) >= 11 is 0. The fraction of sp³-hybridized carbons (Fsp3) is 0.368. The Hall–Kier alpha value is -1.67. The largest absolute Gasteiger partial charge is 0.324 e. The summed E-state index contributed by atoms with van der Waals surface area (Å²) in [4.78, 5) is 0. The molecule has 0 saturated heterocycles. The first-order chi connectivity index (χ1) is 10.2. The topological polar surface area (TPSA) is 26.0 Å². The van der Waals surface area contributed by atoms with Crippen molar-refractivity contribution in [1.82, 2.24) is 0 Å². The molecule has 2 aliphatic rings. The van der Waals surface area contributed by atoms with Crippen LogP contribution in [0.2, 0.25) is 0 Å². The molecule has 0 amide bonds. The Bertz CT molecular complexity index is 694. The van der Waals surface area contributed by atoms with Gasteiger partial charge in [0, 0.05) is 6.04 Å². The summed E-state index contributed by atoms with van der Waals surface area (Å²) in [5.41, 5.74) is 11.5. The van der Waals surface area contributed by atoms with E-state index in [4.69, 9.17) is 5.73 Å². The quantitative estimate of drug-likeness (QED) is 0.880. The van der Waals surface area contributed by atoms with Gasteiger partial charge in [0.2, 0.25) is 0 Å². The molecule has 2 N–H and O–H groups in total. The number of nitrogens with two attached hydrogens (primary N) is 1. The van der Waals surface area contributed by atoms with Crippen molar-refractivity contribution in [1.29, 1.82) is 0 Å². The lowest BCUT2D eigenvalue weighted by atomic mass is 9.92. The first-order valence-electron chi connectivity index (χ1n) is 7.76. The van der Waals surface area contributed by atoms with E-state index in [-0.39, 0.29) is 11.9 Å². The number of benzene rings is 2. The molecule has 1 saturated carbocycles. The zero-order valence-corrected chi connectivity index (χ0v) is 12.2. The highest BCUT2D eigenvalue weighted by Gasteiger charge is 2.55. The molecule has 0 aliphatic heterocycles. The van der Waals surface area contributed by atoms with E-state index in [9.17, 15) is 4.39 Å². The van der Waals surface area contributed by atoms with Gasteiger partial charge in [0.05, 0.1) is 0 Å². The van der Waals surface area contributed by atoms with Crippen LogP contribution in [-0.4, -0.2) is 0 Å². The molecule has 4 rings (SSSR count). The molecule has 4 atom stereocenters. The number of fused-ring (bicyclic) bond motifs is 3. The molecule has 2 aliphatic carbocycles. The Balaban J connectivity index is 1.66. The van der Waals surface area contributed by atoms with Gasteiger partial charge in [0.1, 0.15) is 5.82 Å². The highest BCUT2D eigenvalue weighted by molar-refractivity contribution is 5.42. The third kappa shape index (κ3) is 2.01. The molecular weight excluding hydrogens is 261 g/mol. The molecule has 0 heterocycles. The SMILES string of the molecule is Cc1ccc(F)cc1C(N)C1C2CCc3ccccc3C21. The van der Waals surface area contributed by atoms with E-state index < -0.39 is 0 Å². The van der Waals surface area contributed by atoms with E-state index in [1.807, 2.05) is 13.0 Å². The Morgan fingerprint density at radius 1 is 1.19 bits per heavy atom. The zero-order valence-electron chi connectivity index (χ0n) is 12.2. The molecule has 108 valence electrons.